The van der Waals surface area contributed by atoms with Gasteiger partial charge in [0.05, 0.1) is 0 Å². The third-order valence-corrected chi connectivity index (χ3v) is 2.29. The Hall–Kier alpha value is -1.39. The molecule has 0 saturated carbocycles. The molecule has 14 heavy (non-hydrogen) atoms. The molecule has 4 heteroatoms. The summed E-state index contributed by atoms with van der Waals surface area (Å²) in [5.41, 5.74) is 7.68. The van der Waals surface area contributed by atoms with Crippen molar-refractivity contribution in [2.24, 2.45) is 5.73 Å². The van der Waals surface area contributed by atoms with Crippen LogP contribution in [0, 0.1) is 0 Å². The van der Waals surface area contributed by atoms with Gasteiger partial charge in [-0.05, 0) is 24.1 Å². The SMILES string of the molecule is N[C@@H](CCO)c1cnc2[nH]ccc2c1. The number of rotatable bonds is 3. The van der Waals surface area contributed by atoms with E-state index in [1.54, 1.807) is 6.20 Å². The monoisotopic (exact) mass is 191 g/mol. The van der Waals surface area contributed by atoms with Crippen LogP contribution in [0.4, 0.5) is 0 Å². The number of pyridine rings is 1. The topological polar surface area (TPSA) is 74.9 Å². The van der Waals surface area contributed by atoms with Crippen LogP contribution in [0.2, 0.25) is 0 Å². The summed E-state index contributed by atoms with van der Waals surface area (Å²) in [6, 6.07) is 3.82. The van der Waals surface area contributed by atoms with E-state index in [2.05, 4.69) is 9.97 Å². The van der Waals surface area contributed by atoms with Crippen molar-refractivity contribution in [3.63, 3.8) is 0 Å². The van der Waals surface area contributed by atoms with Crippen molar-refractivity contribution < 1.29 is 5.11 Å². The second-order valence-electron chi connectivity index (χ2n) is 3.30. The number of nitrogens with zero attached hydrogens (tertiary/aromatic N) is 1. The van der Waals surface area contributed by atoms with Crippen LogP contribution in [-0.2, 0) is 0 Å². The Kier molecular flexibility index (Phi) is 2.47. The number of nitrogens with two attached hydrogens (primary N) is 1. The van der Waals surface area contributed by atoms with Crippen molar-refractivity contribution in [2.75, 3.05) is 6.61 Å². The lowest BCUT2D eigenvalue weighted by Gasteiger charge is -2.09. The zero-order chi connectivity index (χ0) is 9.97. The molecule has 2 aromatic heterocycles. The molecule has 0 aliphatic carbocycles. The summed E-state index contributed by atoms with van der Waals surface area (Å²) >= 11 is 0. The van der Waals surface area contributed by atoms with Gasteiger partial charge in [-0.1, -0.05) is 0 Å². The highest BCUT2D eigenvalue weighted by Crippen LogP contribution is 2.17. The van der Waals surface area contributed by atoms with Crippen LogP contribution in [-0.4, -0.2) is 21.7 Å². The zero-order valence-corrected chi connectivity index (χ0v) is 7.77. The van der Waals surface area contributed by atoms with Crippen molar-refractivity contribution in [1.29, 1.82) is 0 Å². The van der Waals surface area contributed by atoms with E-state index in [0.29, 0.717) is 6.42 Å². The number of fused-ring (bicyclic) bond motifs is 1. The maximum Gasteiger partial charge on any atom is 0.137 e. The fourth-order valence-electron chi connectivity index (χ4n) is 1.47. The normalized spacial score (nSPS) is 13.3. The Balaban J connectivity index is 2.33. The van der Waals surface area contributed by atoms with E-state index in [4.69, 9.17) is 10.8 Å². The van der Waals surface area contributed by atoms with E-state index >= 15 is 0 Å². The molecule has 0 bridgehead atoms. The average molecular weight is 191 g/mol. The summed E-state index contributed by atoms with van der Waals surface area (Å²) in [4.78, 5) is 7.24. The molecule has 2 aromatic rings. The molecule has 2 rings (SSSR count). The molecule has 0 radical (unpaired) electrons. The number of aliphatic hydroxyl groups is 1. The van der Waals surface area contributed by atoms with Gasteiger partial charge in [-0.3, -0.25) is 0 Å². The first-order valence-corrected chi connectivity index (χ1v) is 4.60. The summed E-state index contributed by atoms with van der Waals surface area (Å²) in [5, 5.41) is 9.82. The molecular formula is C10H13N3O. The number of hydrogen-bond acceptors (Lipinski definition) is 3. The summed E-state index contributed by atoms with van der Waals surface area (Å²) in [5.74, 6) is 0. The van der Waals surface area contributed by atoms with Gasteiger partial charge in [0.1, 0.15) is 5.65 Å². The van der Waals surface area contributed by atoms with Crippen LogP contribution >= 0.6 is 0 Å². The van der Waals surface area contributed by atoms with Gasteiger partial charge in [-0.15, -0.1) is 0 Å². The maximum absolute atomic E-state index is 8.76. The van der Waals surface area contributed by atoms with Gasteiger partial charge in [0.25, 0.3) is 0 Å². The first-order chi connectivity index (χ1) is 6.81. The van der Waals surface area contributed by atoms with Crippen molar-refractivity contribution in [1.82, 2.24) is 9.97 Å². The Bertz CT molecular complexity index is 424. The lowest BCUT2D eigenvalue weighted by Crippen LogP contribution is -2.12. The predicted octanol–water partition coefficient (Wildman–Crippen LogP) is 0.945. The maximum atomic E-state index is 8.76. The van der Waals surface area contributed by atoms with Crippen LogP contribution in [0.5, 0.6) is 0 Å². The van der Waals surface area contributed by atoms with Gasteiger partial charge in [-0.25, -0.2) is 4.98 Å². The molecule has 1 atom stereocenters. The Morgan fingerprint density at radius 2 is 2.43 bits per heavy atom. The number of hydrogen-bond donors (Lipinski definition) is 3. The molecule has 4 N–H and O–H groups in total. The minimum absolute atomic E-state index is 0.104. The highest BCUT2D eigenvalue weighted by Gasteiger charge is 2.06. The summed E-state index contributed by atoms with van der Waals surface area (Å²) < 4.78 is 0. The third kappa shape index (κ3) is 1.62. The first-order valence-electron chi connectivity index (χ1n) is 4.60. The minimum atomic E-state index is -0.133. The number of nitrogens with one attached hydrogen (secondary N) is 1. The third-order valence-electron chi connectivity index (χ3n) is 2.29. The fraction of sp³-hybridized carbons (Fsp3) is 0.300. The van der Waals surface area contributed by atoms with Crippen molar-refractivity contribution in [3.8, 4) is 0 Å². The van der Waals surface area contributed by atoms with Gasteiger partial charge in [-0.2, -0.15) is 0 Å². The predicted molar refractivity (Wildman–Crippen MR) is 54.7 cm³/mol. The number of aromatic nitrogens is 2. The van der Waals surface area contributed by atoms with Crippen molar-refractivity contribution >= 4 is 11.0 Å². The van der Waals surface area contributed by atoms with Crippen molar-refractivity contribution in [3.05, 3.63) is 30.1 Å². The molecular weight excluding hydrogens is 178 g/mol. The van der Waals surface area contributed by atoms with Crippen LogP contribution in [0.1, 0.15) is 18.0 Å². The smallest absolute Gasteiger partial charge is 0.137 e. The van der Waals surface area contributed by atoms with Crippen molar-refractivity contribution in [2.45, 2.75) is 12.5 Å². The van der Waals surface area contributed by atoms with Gasteiger partial charge >= 0.3 is 0 Å². The molecule has 0 aliphatic rings. The first kappa shape index (κ1) is 9.18. The molecule has 74 valence electrons. The Morgan fingerprint density at radius 3 is 3.21 bits per heavy atom. The van der Waals surface area contributed by atoms with E-state index in [-0.39, 0.29) is 12.6 Å². The van der Waals surface area contributed by atoms with E-state index in [9.17, 15) is 0 Å². The molecule has 0 fully saturated rings. The van der Waals surface area contributed by atoms with Gasteiger partial charge in [0.15, 0.2) is 0 Å². The zero-order valence-electron chi connectivity index (χ0n) is 7.77. The minimum Gasteiger partial charge on any atom is -0.396 e. The molecule has 0 unspecified atom stereocenters. The Labute approximate surface area is 81.8 Å². The largest absolute Gasteiger partial charge is 0.396 e. The van der Waals surface area contributed by atoms with Crippen LogP contribution in [0.15, 0.2) is 24.5 Å². The number of H-pyrrole nitrogens is 1. The van der Waals surface area contributed by atoms with Gasteiger partial charge in [0, 0.05) is 30.4 Å². The highest BCUT2D eigenvalue weighted by atomic mass is 16.3. The van der Waals surface area contributed by atoms with E-state index < -0.39 is 0 Å². The van der Waals surface area contributed by atoms with Crippen LogP contribution in [0.3, 0.4) is 0 Å². The highest BCUT2D eigenvalue weighted by molar-refractivity contribution is 5.75. The standard InChI is InChI=1S/C10H13N3O/c11-9(2-4-14)8-5-7-1-3-12-10(7)13-6-8/h1,3,5-6,9,14H,2,4,11H2,(H,12,13)/t9-/m0/s1. The molecule has 0 aromatic carbocycles. The quantitative estimate of drug-likeness (QED) is 0.676. The molecule has 0 amide bonds. The lowest BCUT2D eigenvalue weighted by molar-refractivity contribution is 0.276. The summed E-state index contributed by atoms with van der Waals surface area (Å²) in [6.45, 7) is 0.104. The second kappa shape index (κ2) is 3.77. The number of aromatic amines is 1. The lowest BCUT2D eigenvalue weighted by atomic mass is 10.1. The molecule has 0 spiro atoms. The van der Waals surface area contributed by atoms with Crippen LogP contribution < -0.4 is 5.73 Å². The summed E-state index contributed by atoms with van der Waals surface area (Å²) in [6.07, 6.45) is 4.16. The fourth-order valence-corrected chi connectivity index (χ4v) is 1.47. The Morgan fingerprint density at radius 1 is 1.57 bits per heavy atom. The second-order valence-corrected chi connectivity index (χ2v) is 3.30. The van der Waals surface area contributed by atoms with E-state index in [1.165, 1.54) is 0 Å². The van der Waals surface area contributed by atoms with E-state index in [1.807, 2.05) is 18.3 Å². The average Bonchev–Trinajstić information content (AvgIpc) is 2.64. The molecule has 0 aliphatic heterocycles. The van der Waals surface area contributed by atoms with Gasteiger partial charge < -0.3 is 15.8 Å². The van der Waals surface area contributed by atoms with Gasteiger partial charge in [0.2, 0.25) is 0 Å². The molecule has 4 nitrogen and oxygen atoms in total. The summed E-state index contributed by atoms with van der Waals surface area (Å²) in [7, 11) is 0. The number of aliphatic hydroxyl groups excluding tert-OH is 1. The molecule has 0 saturated heterocycles. The molecule has 2 heterocycles. The van der Waals surface area contributed by atoms with Crippen LogP contribution in [0.25, 0.3) is 11.0 Å². The van der Waals surface area contributed by atoms with E-state index in [0.717, 1.165) is 16.6 Å².